The monoisotopic (exact) mass is 414 g/mol. The number of halogens is 1. The van der Waals surface area contributed by atoms with E-state index in [0.717, 1.165) is 5.69 Å². The molecule has 0 unspecified atom stereocenters. The lowest BCUT2D eigenvalue weighted by Crippen LogP contribution is -2.35. The standard InChI is InChI=1S/C22H23ClN2O4/c1-13(26)12-25-19(14-6-10-17(11-7-14)24(2)3)18(21(28)22(25)29)20(27)15-4-8-16(23)9-5-15/h4-11,13,19,26-27H,12H2,1-3H3/t13-,19-/m0/s1. The van der Waals surface area contributed by atoms with Gasteiger partial charge in [0.05, 0.1) is 17.7 Å². The van der Waals surface area contributed by atoms with Gasteiger partial charge in [0.2, 0.25) is 0 Å². The Bertz CT molecular complexity index is 950. The van der Waals surface area contributed by atoms with Crippen LogP contribution in [0.2, 0.25) is 5.02 Å². The second kappa shape index (κ2) is 8.27. The topological polar surface area (TPSA) is 81.1 Å². The molecule has 1 fully saturated rings. The second-order valence-electron chi connectivity index (χ2n) is 7.29. The zero-order valence-electron chi connectivity index (χ0n) is 16.5. The summed E-state index contributed by atoms with van der Waals surface area (Å²) in [4.78, 5) is 28.7. The third kappa shape index (κ3) is 4.13. The number of hydrogen-bond acceptors (Lipinski definition) is 5. The number of ketones is 1. The number of nitrogens with zero attached hydrogens (tertiary/aromatic N) is 2. The molecule has 152 valence electrons. The van der Waals surface area contributed by atoms with Gasteiger partial charge in [0, 0.05) is 36.9 Å². The summed E-state index contributed by atoms with van der Waals surface area (Å²) in [5.41, 5.74) is 2.01. The molecule has 1 heterocycles. The SMILES string of the molecule is C[C@H](O)CN1C(=O)C(=O)C(=C(O)c2ccc(Cl)cc2)[C@@H]1c1ccc(N(C)C)cc1. The molecule has 1 aliphatic rings. The number of anilines is 1. The molecule has 2 aromatic rings. The highest BCUT2D eigenvalue weighted by Gasteiger charge is 2.46. The van der Waals surface area contributed by atoms with Crippen LogP contribution in [0.3, 0.4) is 0 Å². The van der Waals surface area contributed by atoms with Crippen molar-refractivity contribution in [1.82, 2.24) is 4.90 Å². The summed E-state index contributed by atoms with van der Waals surface area (Å²) in [7, 11) is 3.82. The summed E-state index contributed by atoms with van der Waals surface area (Å²) >= 11 is 5.91. The largest absolute Gasteiger partial charge is 0.507 e. The van der Waals surface area contributed by atoms with E-state index in [1.54, 1.807) is 31.2 Å². The molecule has 2 atom stereocenters. The first-order valence-corrected chi connectivity index (χ1v) is 9.58. The van der Waals surface area contributed by atoms with Crippen molar-refractivity contribution in [2.24, 2.45) is 0 Å². The Balaban J connectivity index is 2.15. The summed E-state index contributed by atoms with van der Waals surface area (Å²) in [6.45, 7) is 1.52. The highest BCUT2D eigenvalue weighted by Crippen LogP contribution is 2.40. The lowest BCUT2D eigenvalue weighted by Gasteiger charge is -2.26. The van der Waals surface area contributed by atoms with Crippen LogP contribution < -0.4 is 4.90 Å². The molecule has 2 N–H and O–H groups in total. The molecule has 1 amide bonds. The third-order valence-corrected chi connectivity index (χ3v) is 5.10. The molecule has 0 radical (unpaired) electrons. The second-order valence-corrected chi connectivity index (χ2v) is 7.73. The van der Waals surface area contributed by atoms with Crippen molar-refractivity contribution in [2.75, 3.05) is 25.5 Å². The van der Waals surface area contributed by atoms with Crippen LogP contribution in [0.4, 0.5) is 5.69 Å². The molecule has 0 saturated carbocycles. The molecule has 0 aromatic heterocycles. The van der Waals surface area contributed by atoms with Gasteiger partial charge in [-0.1, -0.05) is 23.7 Å². The van der Waals surface area contributed by atoms with E-state index < -0.39 is 23.8 Å². The molecule has 7 heteroatoms. The number of aliphatic hydroxyl groups excluding tert-OH is 2. The Morgan fingerprint density at radius 1 is 1.10 bits per heavy atom. The van der Waals surface area contributed by atoms with E-state index in [1.807, 2.05) is 43.3 Å². The molecular formula is C22H23ClN2O4. The van der Waals surface area contributed by atoms with Gasteiger partial charge in [-0.25, -0.2) is 0 Å². The number of carbonyl (C=O) groups is 2. The lowest BCUT2D eigenvalue weighted by molar-refractivity contribution is -0.140. The summed E-state index contributed by atoms with van der Waals surface area (Å²) in [6, 6.07) is 13.0. The van der Waals surface area contributed by atoms with Gasteiger partial charge >= 0.3 is 0 Å². The van der Waals surface area contributed by atoms with Gasteiger partial charge in [-0.2, -0.15) is 0 Å². The zero-order valence-corrected chi connectivity index (χ0v) is 17.2. The van der Waals surface area contributed by atoms with E-state index in [4.69, 9.17) is 11.6 Å². The molecule has 3 rings (SSSR count). The highest BCUT2D eigenvalue weighted by molar-refractivity contribution is 6.46. The van der Waals surface area contributed by atoms with E-state index in [1.165, 1.54) is 4.90 Å². The van der Waals surface area contributed by atoms with Crippen molar-refractivity contribution < 1.29 is 19.8 Å². The molecule has 0 bridgehead atoms. The summed E-state index contributed by atoms with van der Waals surface area (Å²) in [6.07, 6.45) is -0.827. The number of Topliss-reactive ketones (excluding diaryl/α,β-unsaturated/α-hetero) is 1. The zero-order chi connectivity index (χ0) is 21.3. The Labute approximate surface area is 174 Å². The van der Waals surface area contributed by atoms with Crippen LogP contribution >= 0.6 is 11.6 Å². The van der Waals surface area contributed by atoms with Crippen LogP contribution in [0.15, 0.2) is 54.1 Å². The lowest BCUT2D eigenvalue weighted by atomic mass is 9.95. The summed E-state index contributed by atoms with van der Waals surface area (Å²) < 4.78 is 0. The molecule has 1 saturated heterocycles. The Kier molecular flexibility index (Phi) is 5.96. The number of aliphatic hydroxyl groups is 2. The Hall–Kier alpha value is -2.83. The fourth-order valence-electron chi connectivity index (χ4n) is 3.42. The van der Waals surface area contributed by atoms with Crippen molar-refractivity contribution in [2.45, 2.75) is 19.1 Å². The predicted molar refractivity (Wildman–Crippen MR) is 113 cm³/mol. The van der Waals surface area contributed by atoms with E-state index in [0.29, 0.717) is 16.1 Å². The number of β-amino-alcohol motifs (C(OH)–C–C–N with tert-alkyl or cyclic N) is 1. The Morgan fingerprint density at radius 2 is 1.69 bits per heavy atom. The maximum absolute atomic E-state index is 12.8. The minimum atomic E-state index is -0.827. The van der Waals surface area contributed by atoms with Crippen molar-refractivity contribution in [3.05, 3.63) is 70.3 Å². The fourth-order valence-corrected chi connectivity index (χ4v) is 3.54. The summed E-state index contributed by atoms with van der Waals surface area (Å²) in [5, 5.41) is 21.3. The van der Waals surface area contributed by atoms with Crippen molar-refractivity contribution in [1.29, 1.82) is 0 Å². The maximum atomic E-state index is 12.8. The van der Waals surface area contributed by atoms with E-state index in [2.05, 4.69) is 0 Å². The van der Waals surface area contributed by atoms with Gasteiger partial charge in [-0.15, -0.1) is 0 Å². The smallest absolute Gasteiger partial charge is 0.295 e. The van der Waals surface area contributed by atoms with Gasteiger partial charge in [-0.05, 0) is 48.9 Å². The molecule has 0 spiro atoms. The molecule has 6 nitrogen and oxygen atoms in total. The minimum Gasteiger partial charge on any atom is -0.507 e. The van der Waals surface area contributed by atoms with Gasteiger partial charge in [0.25, 0.3) is 11.7 Å². The number of benzene rings is 2. The first kappa shape index (κ1) is 20.9. The molecular weight excluding hydrogens is 392 g/mol. The van der Waals surface area contributed by atoms with E-state index in [-0.39, 0.29) is 17.9 Å². The van der Waals surface area contributed by atoms with E-state index >= 15 is 0 Å². The highest BCUT2D eigenvalue weighted by atomic mass is 35.5. The van der Waals surface area contributed by atoms with Crippen molar-refractivity contribution in [3.63, 3.8) is 0 Å². The number of amides is 1. The fraction of sp³-hybridized carbons (Fsp3) is 0.273. The van der Waals surface area contributed by atoms with Crippen LogP contribution in [-0.2, 0) is 9.59 Å². The normalized spacial score (nSPS) is 19.5. The van der Waals surface area contributed by atoms with Crippen LogP contribution in [-0.4, -0.2) is 53.5 Å². The van der Waals surface area contributed by atoms with Crippen molar-refractivity contribution >= 4 is 34.7 Å². The number of rotatable bonds is 5. The number of carbonyl (C=O) groups excluding carboxylic acids is 2. The van der Waals surface area contributed by atoms with Crippen LogP contribution in [0.25, 0.3) is 5.76 Å². The van der Waals surface area contributed by atoms with Gasteiger partial charge in [-0.3, -0.25) is 9.59 Å². The average molecular weight is 415 g/mol. The third-order valence-electron chi connectivity index (χ3n) is 4.84. The predicted octanol–water partition coefficient (Wildman–Crippen LogP) is 3.21. The average Bonchev–Trinajstić information content (AvgIpc) is 2.92. The number of likely N-dealkylation sites (tertiary alicyclic amines) is 1. The molecule has 2 aromatic carbocycles. The quantitative estimate of drug-likeness (QED) is 0.446. The Morgan fingerprint density at radius 3 is 2.21 bits per heavy atom. The number of hydrogen-bond donors (Lipinski definition) is 2. The van der Waals surface area contributed by atoms with Crippen LogP contribution in [0.1, 0.15) is 24.1 Å². The first-order chi connectivity index (χ1) is 13.7. The minimum absolute atomic E-state index is 0.00410. The molecule has 1 aliphatic heterocycles. The van der Waals surface area contributed by atoms with Crippen LogP contribution in [0.5, 0.6) is 0 Å². The summed E-state index contributed by atoms with van der Waals surface area (Å²) in [5.74, 6) is -1.79. The van der Waals surface area contributed by atoms with Gasteiger partial charge in [0.15, 0.2) is 0 Å². The van der Waals surface area contributed by atoms with Gasteiger partial charge < -0.3 is 20.0 Å². The van der Waals surface area contributed by atoms with Crippen LogP contribution in [0, 0.1) is 0 Å². The van der Waals surface area contributed by atoms with Crippen molar-refractivity contribution in [3.8, 4) is 0 Å². The maximum Gasteiger partial charge on any atom is 0.295 e. The first-order valence-electron chi connectivity index (χ1n) is 9.20. The van der Waals surface area contributed by atoms with E-state index in [9.17, 15) is 19.8 Å². The molecule has 29 heavy (non-hydrogen) atoms. The molecule has 0 aliphatic carbocycles. The van der Waals surface area contributed by atoms with Gasteiger partial charge in [0.1, 0.15) is 5.76 Å².